The Balaban J connectivity index is 2.33. The van der Waals surface area contributed by atoms with Crippen LogP contribution in [0.5, 0.6) is 5.75 Å². The Kier molecular flexibility index (Phi) is 6.89. The average molecular weight is 422 g/mol. The van der Waals surface area contributed by atoms with Gasteiger partial charge in [0.1, 0.15) is 11.8 Å². The normalized spacial score (nSPS) is 12.0. The molecule has 0 spiro atoms. The Labute approximate surface area is 169 Å². The van der Waals surface area contributed by atoms with E-state index in [-0.39, 0.29) is 17.9 Å². The summed E-state index contributed by atoms with van der Waals surface area (Å²) < 4.78 is 31.1. The molecule has 0 radical (unpaired) electrons. The first-order valence-electron chi connectivity index (χ1n) is 8.27. The average Bonchev–Trinajstić information content (AvgIpc) is 2.62. The number of benzene rings is 2. The monoisotopic (exact) mass is 421 g/mol. The zero-order chi connectivity index (χ0) is 20.9. The number of hydrogen-bond donors (Lipinski definition) is 1. The molecule has 1 atom stereocenters. The van der Waals surface area contributed by atoms with Gasteiger partial charge in [-0.15, -0.1) is 0 Å². The molecule has 148 valence electrons. The van der Waals surface area contributed by atoms with E-state index < -0.39 is 22.0 Å². The van der Waals surface area contributed by atoms with Gasteiger partial charge in [-0.2, -0.15) is 5.26 Å². The topological polar surface area (TPSA) is 99.5 Å². The molecule has 0 saturated heterocycles. The lowest BCUT2D eigenvalue weighted by atomic mass is 10.1. The molecule has 2 rings (SSSR count). The van der Waals surface area contributed by atoms with Crippen LogP contribution in [-0.2, 0) is 21.2 Å². The summed E-state index contributed by atoms with van der Waals surface area (Å²) in [7, 11) is -2.42. The molecule has 0 heterocycles. The zero-order valence-corrected chi connectivity index (χ0v) is 17.2. The summed E-state index contributed by atoms with van der Waals surface area (Å²) in [5, 5.41) is 11.7. The minimum atomic E-state index is -3.82. The molecule has 28 heavy (non-hydrogen) atoms. The van der Waals surface area contributed by atoms with Crippen LogP contribution in [0.2, 0.25) is 5.02 Å². The van der Waals surface area contributed by atoms with Crippen LogP contribution in [0.4, 0.5) is 11.4 Å². The van der Waals surface area contributed by atoms with E-state index in [9.17, 15) is 13.2 Å². The number of amides is 1. The number of sulfonamides is 1. The number of carbonyl (C=O) groups is 1. The van der Waals surface area contributed by atoms with Gasteiger partial charge in [-0.3, -0.25) is 9.10 Å². The molecule has 0 aliphatic rings. The van der Waals surface area contributed by atoms with E-state index in [1.165, 1.54) is 26.2 Å². The molecule has 0 unspecified atom stereocenters. The molecule has 0 fully saturated rings. The minimum absolute atomic E-state index is 0.171. The van der Waals surface area contributed by atoms with Crippen LogP contribution >= 0.6 is 11.6 Å². The molecule has 0 saturated carbocycles. The summed E-state index contributed by atoms with van der Waals surface area (Å²) >= 11 is 6.02. The van der Waals surface area contributed by atoms with E-state index in [0.717, 1.165) is 16.1 Å². The highest BCUT2D eigenvalue weighted by Gasteiger charge is 2.31. The second-order valence-corrected chi connectivity index (χ2v) is 8.37. The summed E-state index contributed by atoms with van der Waals surface area (Å²) in [5.41, 5.74) is 1.48. The summed E-state index contributed by atoms with van der Waals surface area (Å²) in [6.07, 6.45) is 1.27. The molecular weight excluding hydrogens is 402 g/mol. The van der Waals surface area contributed by atoms with Gasteiger partial charge in [0.25, 0.3) is 0 Å². The minimum Gasteiger partial charge on any atom is -0.495 e. The fourth-order valence-electron chi connectivity index (χ4n) is 2.66. The lowest BCUT2D eigenvalue weighted by molar-refractivity contribution is -0.116. The molecule has 2 aromatic rings. The largest absolute Gasteiger partial charge is 0.495 e. The number of hydrogen-bond acceptors (Lipinski definition) is 5. The fourth-order valence-corrected chi connectivity index (χ4v) is 4.00. The van der Waals surface area contributed by atoms with Crippen molar-refractivity contribution in [3.63, 3.8) is 0 Å². The van der Waals surface area contributed by atoms with Crippen LogP contribution in [-0.4, -0.2) is 33.7 Å². The van der Waals surface area contributed by atoms with Crippen molar-refractivity contribution in [1.82, 2.24) is 0 Å². The first-order chi connectivity index (χ1) is 13.2. The second kappa shape index (κ2) is 8.95. The van der Waals surface area contributed by atoms with Gasteiger partial charge in [0.15, 0.2) is 0 Å². The Morgan fingerprint density at radius 3 is 2.46 bits per heavy atom. The van der Waals surface area contributed by atoms with Gasteiger partial charge in [0.05, 0.1) is 31.5 Å². The number of nitriles is 1. The number of ether oxygens (including phenoxy) is 1. The standard InChI is InChI=1S/C19H20ClN3O4S/c1-13(19(24)22-16-7-4-14(5-8-16)10-11-21)23(28(3,25)26)17-12-15(20)6-9-18(17)27-2/h4-9,12-13H,10H2,1-3H3,(H,22,24)/t13-/m1/s1. The summed E-state index contributed by atoms with van der Waals surface area (Å²) in [4.78, 5) is 12.7. The number of carbonyl (C=O) groups excluding carboxylic acids is 1. The molecule has 2 aromatic carbocycles. The van der Waals surface area contributed by atoms with Crippen molar-refractivity contribution in [2.24, 2.45) is 0 Å². The van der Waals surface area contributed by atoms with E-state index in [4.69, 9.17) is 21.6 Å². The number of rotatable bonds is 7. The molecule has 9 heteroatoms. The number of nitrogens with zero attached hydrogens (tertiary/aromatic N) is 2. The van der Waals surface area contributed by atoms with E-state index >= 15 is 0 Å². The molecule has 0 bridgehead atoms. The van der Waals surface area contributed by atoms with Crippen LogP contribution in [0, 0.1) is 11.3 Å². The SMILES string of the molecule is COc1ccc(Cl)cc1N([C@H](C)C(=O)Nc1ccc(CC#N)cc1)S(C)(=O)=O. The third-order valence-corrected chi connectivity index (χ3v) is 5.43. The maximum absolute atomic E-state index is 12.7. The fraction of sp³-hybridized carbons (Fsp3) is 0.263. The van der Waals surface area contributed by atoms with Gasteiger partial charge in [0.2, 0.25) is 15.9 Å². The Bertz CT molecular complexity index is 1000. The van der Waals surface area contributed by atoms with Crippen molar-refractivity contribution in [2.75, 3.05) is 23.0 Å². The van der Waals surface area contributed by atoms with Gasteiger partial charge < -0.3 is 10.1 Å². The van der Waals surface area contributed by atoms with E-state index in [0.29, 0.717) is 10.7 Å². The predicted octanol–water partition coefficient (Wildman–Crippen LogP) is 3.21. The van der Waals surface area contributed by atoms with Crippen molar-refractivity contribution in [3.05, 3.63) is 53.1 Å². The predicted molar refractivity (Wildman–Crippen MR) is 109 cm³/mol. The van der Waals surface area contributed by atoms with Crippen LogP contribution < -0.4 is 14.4 Å². The van der Waals surface area contributed by atoms with E-state index in [1.807, 2.05) is 6.07 Å². The quantitative estimate of drug-likeness (QED) is 0.739. The maximum Gasteiger partial charge on any atom is 0.247 e. The van der Waals surface area contributed by atoms with Crippen molar-refractivity contribution in [2.45, 2.75) is 19.4 Å². The summed E-state index contributed by atoms with van der Waals surface area (Å²) in [5.74, 6) is -0.254. The zero-order valence-electron chi connectivity index (χ0n) is 15.6. The van der Waals surface area contributed by atoms with Crippen LogP contribution in [0.15, 0.2) is 42.5 Å². The number of anilines is 2. The molecule has 7 nitrogen and oxygen atoms in total. The van der Waals surface area contributed by atoms with Gasteiger partial charge in [-0.05, 0) is 42.8 Å². The molecule has 0 aliphatic carbocycles. The van der Waals surface area contributed by atoms with Gasteiger partial charge >= 0.3 is 0 Å². The lowest BCUT2D eigenvalue weighted by Gasteiger charge is -2.29. The number of nitrogens with one attached hydrogen (secondary N) is 1. The molecule has 0 aliphatic heterocycles. The van der Waals surface area contributed by atoms with Crippen molar-refractivity contribution in [1.29, 1.82) is 5.26 Å². The van der Waals surface area contributed by atoms with E-state index in [1.54, 1.807) is 30.3 Å². The number of halogens is 1. The highest BCUT2D eigenvalue weighted by Crippen LogP contribution is 2.34. The van der Waals surface area contributed by atoms with Crippen molar-refractivity contribution < 1.29 is 17.9 Å². The summed E-state index contributed by atoms with van der Waals surface area (Å²) in [6, 6.07) is 12.3. The van der Waals surface area contributed by atoms with Gasteiger partial charge in [-0.25, -0.2) is 8.42 Å². The maximum atomic E-state index is 12.7. The highest BCUT2D eigenvalue weighted by molar-refractivity contribution is 7.92. The van der Waals surface area contributed by atoms with Gasteiger partial charge in [0, 0.05) is 10.7 Å². The van der Waals surface area contributed by atoms with E-state index in [2.05, 4.69) is 5.32 Å². The molecule has 0 aromatic heterocycles. The Morgan fingerprint density at radius 2 is 1.93 bits per heavy atom. The van der Waals surface area contributed by atoms with Crippen LogP contribution in [0.25, 0.3) is 0 Å². The van der Waals surface area contributed by atoms with Crippen molar-refractivity contribution >= 4 is 38.9 Å². The summed E-state index contributed by atoms with van der Waals surface area (Å²) in [6.45, 7) is 1.47. The third kappa shape index (κ3) is 5.15. The van der Waals surface area contributed by atoms with Gasteiger partial charge in [-0.1, -0.05) is 23.7 Å². The van der Waals surface area contributed by atoms with Crippen LogP contribution in [0.1, 0.15) is 12.5 Å². The lowest BCUT2D eigenvalue weighted by Crippen LogP contribution is -2.45. The molecule has 1 N–H and O–H groups in total. The Hall–Kier alpha value is -2.76. The number of methoxy groups -OCH3 is 1. The molecule has 1 amide bonds. The Morgan fingerprint density at radius 1 is 1.29 bits per heavy atom. The highest BCUT2D eigenvalue weighted by atomic mass is 35.5. The third-order valence-electron chi connectivity index (χ3n) is 3.97. The smallest absolute Gasteiger partial charge is 0.247 e. The second-order valence-electron chi connectivity index (χ2n) is 6.07. The first kappa shape index (κ1) is 21.5. The van der Waals surface area contributed by atoms with Crippen molar-refractivity contribution in [3.8, 4) is 11.8 Å². The molecular formula is C19H20ClN3O4S. The first-order valence-corrected chi connectivity index (χ1v) is 10.5. The van der Waals surface area contributed by atoms with Crippen LogP contribution in [0.3, 0.4) is 0 Å².